The lowest BCUT2D eigenvalue weighted by atomic mass is 9.72. The summed E-state index contributed by atoms with van der Waals surface area (Å²) in [5, 5.41) is 0. The summed E-state index contributed by atoms with van der Waals surface area (Å²) in [6, 6.07) is 0. The molecule has 0 amide bonds. The summed E-state index contributed by atoms with van der Waals surface area (Å²) in [6.07, 6.45) is 38.4. The number of allylic oxidation sites excluding steroid dienone is 22. The van der Waals surface area contributed by atoms with Crippen LogP contribution in [0.25, 0.3) is 0 Å². The predicted octanol–water partition coefficient (Wildman–Crippen LogP) is 12.6. The Kier molecular flexibility index (Phi) is 13.2. The van der Waals surface area contributed by atoms with Crippen LogP contribution in [-0.4, -0.2) is 0 Å². The zero-order valence-electron chi connectivity index (χ0n) is 27.3. The molecule has 0 aromatic heterocycles. The molecule has 0 aliphatic heterocycles. The SMILES string of the molecule is CC(C=C/C=C(C)/C=C/C1=C(C)CCCC1(C)C)=C/C=C/C=C(C)/C=C/C=C(C)/C=C/C1=C(C)CCCC1(C)C. The Morgan fingerprint density at radius 1 is 0.500 bits per heavy atom. The van der Waals surface area contributed by atoms with Crippen LogP contribution in [0.3, 0.4) is 0 Å². The molecule has 0 atom stereocenters. The maximum atomic E-state index is 2.37. The topological polar surface area (TPSA) is 0 Å². The Balaban J connectivity index is 1.89. The monoisotopic (exact) mass is 536 g/mol. The quantitative estimate of drug-likeness (QED) is 0.244. The fourth-order valence-corrected chi connectivity index (χ4v) is 5.79. The first-order chi connectivity index (χ1) is 18.8. The normalized spacial score (nSPS) is 21.9. The van der Waals surface area contributed by atoms with E-state index in [4.69, 9.17) is 0 Å². The molecule has 0 nitrogen and oxygen atoms in total. The number of rotatable bonds is 10. The summed E-state index contributed by atoms with van der Waals surface area (Å²) >= 11 is 0. The van der Waals surface area contributed by atoms with E-state index in [0.717, 1.165) is 0 Å². The number of hydrogen-bond donors (Lipinski definition) is 0. The van der Waals surface area contributed by atoms with Crippen molar-refractivity contribution in [2.45, 2.75) is 108 Å². The zero-order valence-corrected chi connectivity index (χ0v) is 27.3. The van der Waals surface area contributed by atoms with Gasteiger partial charge in [0.05, 0.1) is 0 Å². The third-order valence-corrected chi connectivity index (χ3v) is 8.38. The van der Waals surface area contributed by atoms with Crippen LogP contribution in [0.15, 0.2) is 130 Å². The van der Waals surface area contributed by atoms with Crippen molar-refractivity contribution in [2.24, 2.45) is 10.8 Å². The van der Waals surface area contributed by atoms with Gasteiger partial charge in [0, 0.05) is 0 Å². The summed E-state index contributed by atoms with van der Waals surface area (Å²) in [5.74, 6) is 0. The van der Waals surface area contributed by atoms with E-state index in [0.29, 0.717) is 10.8 Å². The molecule has 40 heavy (non-hydrogen) atoms. The van der Waals surface area contributed by atoms with Gasteiger partial charge >= 0.3 is 0 Å². The lowest BCUT2D eigenvalue weighted by Gasteiger charge is -2.33. The van der Waals surface area contributed by atoms with Crippen LogP contribution < -0.4 is 0 Å². The van der Waals surface area contributed by atoms with Crippen molar-refractivity contribution in [3.05, 3.63) is 130 Å². The van der Waals surface area contributed by atoms with Crippen molar-refractivity contribution in [2.75, 3.05) is 0 Å². The predicted molar refractivity (Wildman–Crippen MR) is 181 cm³/mol. The Bertz CT molecular complexity index is 1120. The van der Waals surface area contributed by atoms with E-state index >= 15 is 0 Å². The molecule has 0 spiro atoms. The van der Waals surface area contributed by atoms with Crippen LogP contribution in [0.1, 0.15) is 108 Å². The molecule has 0 N–H and O–H groups in total. The van der Waals surface area contributed by atoms with Gasteiger partial charge in [0.25, 0.3) is 0 Å². The van der Waals surface area contributed by atoms with E-state index in [2.05, 4.69) is 154 Å². The van der Waals surface area contributed by atoms with Crippen LogP contribution in [0.4, 0.5) is 0 Å². The molecule has 0 aromatic rings. The molecule has 0 aromatic carbocycles. The van der Waals surface area contributed by atoms with Crippen molar-refractivity contribution in [1.29, 1.82) is 0 Å². The first-order valence-electron chi connectivity index (χ1n) is 15.3. The molecule has 2 aliphatic rings. The summed E-state index contributed by atoms with van der Waals surface area (Å²) in [7, 11) is 0. The van der Waals surface area contributed by atoms with Gasteiger partial charge in [0.1, 0.15) is 0 Å². The van der Waals surface area contributed by atoms with Gasteiger partial charge in [-0.05, 0) is 102 Å². The molecular weight excluding hydrogens is 480 g/mol. The highest BCUT2D eigenvalue weighted by molar-refractivity contribution is 5.39. The Labute approximate surface area is 247 Å². The van der Waals surface area contributed by atoms with Crippen molar-refractivity contribution < 1.29 is 0 Å². The van der Waals surface area contributed by atoms with Crippen LogP contribution >= 0.6 is 0 Å². The van der Waals surface area contributed by atoms with E-state index in [9.17, 15) is 0 Å². The smallest absolute Gasteiger partial charge is 0.0104 e. The molecular formula is C40H56. The first kappa shape index (κ1) is 33.3. The van der Waals surface area contributed by atoms with Crippen molar-refractivity contribution in [1.82, 2.24) is 0 Å². The Morgan fingerprint density at radius 2 is 0.825 bits per heavy atom. The maximum Gasteiger partial charge on any atom is -0.0104 e. The molecule has 216 valence electrons. The van der Waals surface area contributed by atoms with Gasteiger partial charge < -0.3 is 0 Å². The lowest BCUT2D eigenvalue weighted by Crippen LogP contribution is -2.19. The van der Waals surface area contributed by atoms with Crippen molar-refractivity contribution >= 4 is 0 Å². The molecule has 0 unspecified atom stereocenters. The second kappa shape index (κ2) is 15.8. The highest BCUT2D eigenvalue weighted by Crippen LogP contribution is 2.41. The van der Waals surface area contributed by atoms with Crippen LogP contribution in [0.5, 0.6) is 0 Å². The third kappa shape index (κ3) is 11.3. The minimum Gasteiger partial charge on any atom is -0.0696 e. The second-order valence-corrected chi connectivity index (χ2v) is 13.3. The van der Waals surface area contributed by atoms with E-state index in [-0.39, 0.29) is 0 Å². The molecule has 0 heterocycles. The average molecular weight is 537 g/mol. The van der Waals surface area contributed by atoms with Gasteiger partial charge in [-0.25, -0.2) is 0 Å². The van der Waals surface area contributed by atoms with Gasteiger partial charge in [0.15, 0.2) is 0 Å². The van der Waals surface area contributed by atoms with E-state index in [1.807, 2.05) is 0 Å². The second-order valence-electron chi connectivity index (χ2n) is 13.3. The minimum absolute atomic E-state index is 0.291. The van der Waals surface area contributed by atoms with Crippen molar-refractivity contribution in [3.63, 3.8) is 0 Å². The summed E-state index contributed by atoms with van der Waals surface area (Å²) < 4.78 is 0. The van der Waals surface area contributed by atoms with Crippen molar-refractivity contribution in [3.8, 4) is 0 Å². The maximum absolute atomic E-state index is 2.37. The fraction of sp³-hybridized carbons (Fsp3) is 0.450. The van der Waals surface area contributed by atoms with E-state index in [1.165, 1.54) is 72.0 Å². The van der Waals surface area contributed by atoms with E-state index in [1.54, 1.807) is 11.1 Å². The highest BCUT2D eigenvalue weighted by atomic mass is 14.3. The summed E-state index contributed by atoms with van der Waals surface area (Å²) in [4.78, 5) is 0. The van der Waals surface area contributed by atoms with Gasteiger partial charge in [-0.1, -0.05) is 146 Å². The Morgan fingerprint density at radius 3 is 1.18 bits per heavy atom. The fourth-order valence-electron chi connectivity index (χ4n) is 5.79. The van der Waals surface area contributed by atoms with Crippen LogP contribution in [0, 0.1) is 10.8 Å². The van der Waals surface area contributed by atoms with Gasteiger partial charge in [-0.15, -0.1) is 0 Å². The lowest BCUT2D eigenvalue weighted by molar-refractivity contribution is 0.376. The minimum atomic E-state index is 0.291. The first-order valence-corrected chi connectivity index (χ1v) is 15.3. The number of hydrogen-bond acceptors (Lipinski definition) is 0. The average Bonchev–Trinajstić information content (AvgIpc) is 2.85. The molecule has 0 radical (unpaired) electrons. The van der Waals surface area contributed by atoms with Gasteiger partial charge in [0.2, 0.25) is 0 Å². The van der Waals surface area contributed by atoms with Gasteiger partial charge in [-0.2, -0.15) is 0 Å². The largest absolute Gasteiger partial charge is 0.0696 e. The summed E-state index contributed by atoms with van der Waals surface area (Å²) in [5.41, 5.74) is 11.7. The van der Waals surface area contributed by atoms with Gasteiger partial charge in [-0.3, -0.25) is 0 Å². The Hall–Kier alpha value is -2.86. The van der Waals surface area contributed by atoms with Crippen LogP contribution in [-0.2, 0) is 0 Å². The molecule has 2 aliphatic carbocycles. The molecule has 2 rings (SSSR count). The van der Waals surface area contributed by atoms with E-state index < -0.39 is 0 Å². The molecule has 0 fully saturated rings. The highest BCUT2D eigenvalue weighted by Gasteiger charge is 2.27. The third-order valence-electron chi connectivity index (χ3n) is 8.38. The zero-order chi connectivity index (χ0) is 29.8. The molecule has 0 saturated carbocycles. The summed E-state index contributed by atoms with van der Waals surface area (Å²) in [6.45, 7) is 22.7. The molecule has 0 bridgehead atoms. The standard InChI is InChI=1S/C40H56/c1-31(19-13-21-33(3)25-27-37-35(5)23-15-29-39(37,7)8)17-11-12-18-32(2)20-14-22-34(4)26-28-38-36(6)24-16-30-40(38,9)10/h11-14,17-22,25-28H,15-16,23-24,29-30H2,1-10H3/b12-11+,19-13+,20-14?,27-25+,28-26+,31-17+,32-18?,33-21+,34-22+. The molecule has 0 saturated heterocycles. The van der Waals surface area contributed by atoms with Crippen LogP contribution in [0.2, 0.25) is 0 Å². The molecule has 0 heteroatoms.